The summed E-state index contributed by atoms with van der Waals surface area (Å²) in [7, 11) is 0. The first-order valence-corrected chi connectivity index (χ1v) is 10.5. The van der Waals surface area contributed by atoms with Gasteiger partial charge in [-0.05, 0) is 63.4 Å². The zero-order valence-corrected chi connectivity index (χ0v) is 20.9. The number of anilines is 1. The average Bonchev–Trinajstić information content (AvgIpc) is 3.40. The number of rotatable bonds is 7. The number of carboxylic acid groups (broad SMARTS) is 1. The molecular formula is C22H22ClN4NaO4. The topological polar surface area (TPSA) is 113 Å². The van der Waals surface area contributed by atoms with Crippen molar-refractivity contribution < 1.29 is 48.7 Å². The number of nitrogens with zero attached hydrogens (tertiary/aromatic N) is 3. The predicted molar refractivity (Wildman–Crippen MR) is 113 cm³/mol. The van der Waals surface area contributed by atoms with Gasteiger partial charge in [0.1, 0.15) is 5.02 Å². The first-order chi connectivity index (χ1) is 14.9. The van der Waals surface area contributed by atoms with Crippen LogP contribution in [0.2, 0.25) is 5.02 Å². The molecular weight excluding hydrogens is 443 g/mol. The number of benzene rings is 1. The number of carbonyl (C=O) groups is 1. The SMILES string of the molecule is CC(C)Oc1ncc(-c2nc(-c3ccc(N[C@H]4CC[C@@H](C(=O)[O-])C4)cc3)no2)cc1Cl.[Na+]. The number of hydrogen-bond donors (Lipinski definition) is 1. The molecule has 1 aliphatic carbocycles. The predicted octanol–water partition coefficient (Wildman–Crippen LogP) is 0.574. The smallest absolute Gasteiger partial charge is 0.550 e. The van der Waals surface area contributed by atoms with Gasteiger partial charge in [0.15, 0.2) is 0 Å². The molecule has 1 fully saturated rings. The van der Waals surface area contributed by atoms with Crippen LogP contribution in [0.3, 0.4) is 0 Å². The summed E-state index contributed by atoms with van der Waals surface area (Å²) in [6.07, 6.45) is 3.58. The molecule has 162 valence electrons. The summed E-state index contributed by atoms with van der Waals surface area (Å²) in [6, 6.07) is 9.39. The number of pyridine rings is 1. The Kier molecular flexibility index (Phi) is 8.16. The van der Waals surface area contributed by atoms with Gasteiger partial charge in [-0.2, -0.15) is 4.98 Å². The van der Waals surface area contributed by atoms with Gasteiger partial charge in [-0.15, -0.1) is 0 Å². The molecule has 1 aliphatic rings. The summed E-state index contributed by atoms with van der Waals surface area (Å²) in [5.74, 6) is -0.230. The largest absolute Gasteiger partial charge is 1.00 e. The van der Waals surface area contributed by atoms with E-state index in [1.165, 1.54) is 0 Å². The van der Waals surface area contributed by atoms with E-state index in [9.17, 15) is 9.90 Å². The minimum Gasteiger partial charge on any atom is -0.550 e. The van der Waals surface area contributed by atoms with Gasteiger partial charge >= 0.3 is 29.6 Å². The number of ether oxygens (including phenoxy) is 1. The van der Waals surface area contributed by atoms with Crippen molar-refractivity contribution in [2.45, 2.75) is 45.3 Å². The molecule has 1 saturated carbocycles. The van der Waals surface area contributed by atoms with Gasteiger partial charge in [-0.25, -0.2) is 4.98 Å². The summed E-state index contributed by atoms with van der Waals surface area (Å²) >= 11 is 6.24. The molecule has 0 saturated heterocycles. The summed E-state index contributed by atoms with van der Waals surface area (Å²) in [5, 5.41) is 18.8. The van der Waals surface area contributed by atoms with E-state index in [0.717, 1.165) is 17.7 Å². The van der Waals surface area contributed by atoms with E-state index >= 15 is 0 Å². The van der Waals surface area contributed by atoms with Gasteiger partial charge in [0.25, 0.3) is 5.89 Å². The quantitative estimate of drug-likeness (QED) is 0.505. The van der Waals surface area contributed by atoms with E-state index in [0.29, 0.717) is 41.0 Å². The van der Waals surface area contributed by atoms with E-state index in [2.05, 4.69) is 20.4 Å². The number of carbonyl (C=O) groups excluding carboxylic acids is 1. The van der Waals surface area contributed by atoms with Crippen LogP contribution in [-0.4, -0.2) is 33.2 Å². The third-order valence-electron chi connectivity index (χ3n) is 5.11. The number of halogens is 1. The Labute approximate surface area is 213 Å². The zero-order chi connectivity index (χ0) is 22.0. The van der Waals surface area contributed by atoms with E-state index in [4.69, 9.17) is 20.9 Å². The fourth-order valence-electron chi connectivity index (χ4n) is 3.59. The van der Waals surface area contributed by atoms with Crippen LogP contribution >= 0.6 is 11.6 Å². The average molecular weight is 465 g/mol. The van der Waals surface area contributed by atoms with Crippen LogP contribution in [0.25, 0.3) is 22.8 Å². The normalized spacial score (nSPS) is 17.8. The molecule has 0 amide bonds. The Bertz CT molecular complexity index is 1070. The molecule has 1 N–H and O–H groups in total. The molecule has 0 aliphatic heterocycles. The van der Waals surface area contributed by atoms with Crippen molar-refractivity contribution >= 4 is 23.3 Å². The molecule has 0 radical (unpaired) electrons. The van der Waals surface area contributed by atoms with Gasteiger partial charge in [0.2, 0.25) is 11.7 Å². The second kappa shape index (κ2) is 10.7. The molecule has 3 aromatic rings. The van der Waals surface area contributed by atoms with Crippen molar-refractivity contribution in [1.29, 1.82) is 0 Å². The number of hydrogen-bond acceptors (Lipinski definition) is 8. The molecule has 32 heavy (non-hydrogen) atoms. The molecule has 2 atom stereocenters. The molecule has 10 heteroatoms. The van der Waals surface area contributed by atoms with Crippen molar-refractivity contribution in [2.75, 3.05) is 5.32 Å². The third-order valence-corrected chi connectivity index (χ3v) is 5.38. The summed E-state index contributed by atoms with van der Waals surface area (Å²) in [5.41, 5.74) is 2.30. The Morgan fingerprint density at radius 1 is 1.25 bits per heavy atom. The van der Waals surface area contributed by atoms with E-state index < -0.39 is 5.97 Å². The maximum Gasteiger partial charge on any atom is 1.00 e. The minimum absolute atomic E-state index is 0. The first-order valence-electron chi connectivity index (χ1n) is 10.1. The van der Waals surface area contributed by atoms with Crippen molar-refractivity contribution in [2.24, 2.45) is 5.92 Å². The van der Waals surface area contributed by atoms with Gasteiger partial charge < -0.3 is 24.5 Å². The third kappa shape index (κ3) is 5.81. The maximum atomic E-state index is 11.0. The number of carboxylic acids is 1. The summed E-state index contributed by atoms with van der Waals surface area (Å²) in [6.45, 7) is 3.80. The van der Waals surface area contributed by atoms with Crippen LogP contribution in [0, 0.1) is 5.92 Å². The fourth-order valence-corrected chi connectivity index (χ4v) is 3.80. The first kappa shape index (κ1) is 24.5. The number of aliphatic carboxylic acids is 1. The number of aromatic nitrogens is 3. The van der Waals surface area contributed by atoms with Gasteiger partial charge in [-0.3, -0.25) is 0 Å². The van der Waals surface area contributed by atoms with Crippen LogP contribution in [0.4, 0.5) is 5.69 Å². The van der Waals surface area contributed by atoms with Gasteiger partial charge in [0, 0.05) is 35.4 Å². The van der Waals surface area contributed by atoms with Gasteiger partial charge in [0.05, 0.1) is 11.7 Å². The van der Waals surface area contributed by atoms with Crippen molar-refractivity contribution in [1.82, 2.24) is 15.1 Å². The minimum atomic E-state index is -0.967. The Morgan fingerprint density at radius 2 is 2.00 bits per heavy atom. The van der Waals surface area contributed by atoms with Crippen molar-refractivity contribution in [3.63, 3.8) is 0 Å². The van der Waals surface area contributed by atoms with Crippen LogP contribution < -0.4 is 44.7 Å². The van der Waals surface area contributed by atoms with Gasteiger partial charge in [-0.1, -0.05) is 16.8 Å². The van der Waals surface area contributed by atoms with Crippen LogP contribution in [0.1, 0.15) is 33.1 Å². The molecule has 0 bridgehead atoms. The Morgan fingerprint density at radius 3 is 2.62 bits per heavy atom. The fraction of sp³-hybridized carbons (Fsp3) is 0.364. The molecule has 0 spiro atoms. The van der Waals surface area contributed by atoms with E-state index in [1.807, 2.05) is 38.1 Å². The molecule has 2 heterocycles. The van der Waals surface area contributed by atoms with E-state index in [-0.39, 0.29) is 47.6 Å². The zero-order valence-electron chi connectivity index (χ0n) is 18.2. The second-order valence-electron chi connectivity index (χ2n) is 7.85. The molecule has 0 unspecified atom stereocenters. The van der Waals surface area contributed by atoms with Crippen LogP contribution in [-0.2, 0) is 4.79 Å². The van der Waals surface area contributed by atoms with Crippen LogP contribution in [0.5, 0.6) is 5.88 Å². The monoisotopic (exact) mass is 464 g/mol. The van der Waals surface area contributed by atoms with Crippen molar-refractivity contribution in [3.05, 3.63) is 41.6 Å². The van der Waals surface area contributed by atoms with Crippen molar-refractivity contribution in [3.8, 4) is 28.7 Å². The summed E-state index contributed by atoms with van der Waals surface area (Å²) in [4.78, 5) is 19.7. The molecule has 1 aromatic carbocycles. The second-order valence-corrected chi connectivity index (χ2v) is 8.26. The standard InChI is InChI=1S/C22H23ClN4O4.Na/c1-12(2)30-21-18(23)10-15(11-24-21)20-26-19(27-31-20)13-3-6-16(7-4-13)25-17-8-5-14(9-17)22(28)29;/h3-4,6-7,10-12,14,17,25H,5,8-9H2,1-2H3,(H,28,29);/q;+1/p-1/t14-,17+;/m1./s1. The maximum absolute atomic E-state index is 11.0. The van der Waals surface area contributed by atoms with Crippen LogP contribution in [0.15, 0.2) is 41.1 Å². The summed E-state index contributed by atoms with van der Waals surface area (Å²) < 4.78 is 10.9. The molecule has 8 nitrogen and oxygen atoms in total. The van der Waals surface area contributed by atoms with E-state index in [1.54, 1.807) is 12.3 Å². The number of nitrogens with one attached hydrogen (secondary N) is 1. The molecule has 4 rings (SSSR count). The Hall–Kier alpha value is -2.13. The molecule has 2 aromatic heterocycles. The Balaban J connectivity index is 0.00000289.